The van der Waals surface area contributed by atoms with Crippen molar-refractivity contribution in [3.8, 4) is 0 Å². The van der Waals surface area contributed by atoms with E-state index in [9.17, 15) is 4.79 Å². The van der Waals surface area contributed by atoms with Crippen molar-refractivity contribution in [2.75, 3.05) is 0 Å². The van der Waals surface area contributed by atoms with Crippen LogP contribution in [0.3, 0.4) is 0 Å². The third kappa shape index (κ3) is 1.14. The molecule has 5 nitrogen and oxygen atoms in total. The summed E-state index contributed by atoms with van der Waals surface area (Å²) in [5.74, 6) is -0.970. The molecular formula is C9H9N3O2. The van der Waals surface area contributed by atoms with Crippen LogP contribution in [0.5, 0.6) is 0 Å². The molecule has 0 aliphatic rings. The number of rotatable bonds is 2. The number of fused-ring (bicyclic) bond motifs is 1. The standard InChI is InChI=1S/C9H9N3O2/c1-2-6-8(9(13)14)12-5-10-4-3-7(12)11-6/h3-5H,2H2,1H3,(H,13,14). The van der Waals surface area contributed by atoms with Gasteiger partial charge in [0, 0.05) is 6.20 Å². The summed E-state index contributed by atoms with van der Waals surface area (Å²) < 4.78 is 1.49. The number of aromatic carboxylic acids is 1. The maximum atomic E-state index is 11.0. The molecular weight excluding hydrogens is 182 g/mol. The zero-order valence-corrected chi connectivity index (χ0v) is 7.64. The Morgan fingerprint density at radius 3 is 3.07 bits per heavy atom. The highest BCUT2D eigenvalue weighted by Gasteiger charge is 2.16. The van der Waals surface area contributed by atoms with Crippen molar-refractivity contribution in [1.29, 1.82) is 0 Å². The number of carbonyl (C=O) groups is 1. The van der Waals surface area contributed by atoms with E-state index in [-0.39, 0.29) is 5.69 Å². The highest BCUT2D eigenvalue weighted by Crippen LogP contribution is 2.11. The lowest BCUT2D eigenvalue weighted by molar-refractivity contribution is 0.0688. The average Bonchev–Trinajstić information content (AvgIpc) is 2.55. The minimum Gasteiger partial charge on any atom is -0.477 e. The first-order valence-electron chi connectivity index (χ1n) is 4.28. The van der Waals surface area contributed by atoms with Gasteiger partial charge in [-0.05, 0) is 12.5 Å². The van der Waals surface area contributed by atoms with Crippen LogP contribution in [0.2, 0.25) is 0 Å². The van der Waals surface area contributed by atoms with Gasteiger partial charge in [-0.1, -0.05) is 6.92 Å². The Hall–Kier alpha value is -1.91. The van der Waals surface area contributed by atoms with Crippen molar-refractivity contribution in [2.45, 2.75) is 13.3 Å². The number of hydrogen-bond donors (Lipinski definition) is 1. The van der Waals surface area contributed by atoms with Gasteiger partial charge in [0.05, 0.1) is 5.69 Å². The Kier molecular flexibility index (Phi) is 1.92. The summed E-state index contributed by atoms with van der Waals surface area (Å²) in [7, 11) is 0. The van der Waals surface area contributed by atoms with Crippen LogP contribution in [0.1, 0.15) is 23.1 Å². The number of carboxylic acid groups (broad SMARTS) is 1. The summed E-state index contributed by atoms with van der Waals surface area (Å²) >= 11 is 0. The molecule has 0 aliphatic heterocycles. The van der Waals surface area contributed by atoms with Crippen LogP contribution in [0, 0.1) is 0 Å². The van der Waals surface area contributed by atoms with Gasteiger partial charge in [-0.15, -0.1) is 0 Å². The van der Waals surface area contributed by atoms with Crippen molar-refractivity contribution >= 4 is 11.6 Å². The van der Waals surface area contributed by atoms with E-state index in [1.807, 2.05) is 6.92 Å². The molecule has 0 unspecified atom stereocenters. The van der Waals surface area contributed by atoms with Gasteiger partial charge in [0.15, 0.2) is 5.69 Å². The van der Waals surface area contributed by atoms with Crippen LogP contribution in [-0.4, -0.2) is 25.4 Å². The number of imidazole rings is 1. The molecule has 0 saturated carbocycles. The molecule has 0 saturated heterocycles. The molecule has 5 heteroatoms. The predicted octanol–water partition coefficient (Wildman–Crippen LogP) is 0.990. The highest BCUT2D eigenvalue weighted by atomic mass is 16.4. The molecule has 0 fully saturated rings. The Morgan fingerprint density at radius 2 is 2.43 bits per heavy atom. The lowest BCUT2D eigenvalue weighted by Crippen LogP contribution is -2.05. The van der Waals surface area contributed by atoms with Crippen molar-refractivity contribution < 1.29 is 9.90 Å². The second kappa shape index (κ2) is 3.10. The summed E-state index contributed by atoms with van der Waals surface area (Å²) in [6.07, 6.45) is 3.65. The van der Waals surface area contributed by atoms with Gasteiger partial charge in [0.25, 0.3) is 0 Å². The van der Waals surface area contributed by atoms with Gasteiger partial charge in [0.2, 0.25) is 0 Å². The largest absolute Gasteiger partial charge is 0.477 e. The molecule has 2 aromatic rings. The predicted molar refractivity (Wildman–Crippen MR) is 49.3 cm³/mol. The number of aromatic nitrogens is 3. The van der Waals surface area contributed by atoms with Crippen LogP contribution in [0.15, 0.2) is 18.6 Å². The van der Waals surface area contributed by atoms with Gasteiger partial charge in [-0.3, -0.25) is 4.40 Å². The van der Waals surface area contributed by atoms with Gasteiger partial charge in [0.1, 0.15) is 12.0 Å². The number of carboxylic acids is 1. The van der Waals surface area contributed by atoms with Crippen LogP contribution < -0.4 is 0 Å². The minimum absolute atomic E-state index is 0.204. The first-order chi connectivity index (χ1) is 6.74. The van der Waals surface area contributed by atoms with Crippen molar-refractivity contribution in [2.24, 2.45) is 0 Å². The summed E-state index contributed by atoms with van der Waals surface area (Å²) in [4.78, 5) is 19.0. The lowest BCUT2D eigenvalue weighted by Gasteiger charge is -1.95. The van der Waals surface area contributed by atoms with Crippen molar-refractivity contribution in [3.63, 3.8) is 0 Å². The monoisotopic (exact) mass is 191 g/mol. The molecule has 0 bridgehead atoms. The fourth-order valence-electron chi connectivity index (χ4n) is 1.42. The van der Waals surface area contributed by atoms with Crippen LogP contribution in [-0.2, 0) is 6.42 Å². The van der Waals surface area contributed by atoms with E-state index >= 15 is 0 Å². The van der Waals surface area contributed by atoms with E-state index < -0.39 is 5.97 Å². The first kappa shape index (κ1) is 8.68. The molecule has 0 aromatic carbocycles. The Morgan fingerprint density at radius 1 is 1.64 bits per heavy atom. The lowest BCUT2D eigenvalue weighted by atomic mass is 10.3. The third-order valence-electron chi connectivity index (χ3n) is 2.04. The SMILES string of the molecule is CCc1nc2ccncn2c1C(=O)O. The first-order valence-corrected chi connectivity index (χ1v) is 4.28. The fourth-order valence-corrected chi connectivity index (χ4v) is 1.42. The van der Waals surface area contributed by atoms with E-state index in [4.69, 9.17) is 5.11 Å². The Bertz CT molecular complexity index is 490. The average molecular weight is 191 g/mol. The number of nitrogens with zero attached hydrogens (tertiary/aromatic N) is 3. The molecule has 0 aliphatic carbocycles. The second-order valence-electron chi connectivity index (χ2n) is 2.87. The fraction of sp³-hybridized carbons (Fsp3) is 0.222. The smallest absolute Gasteiger partial charge is 0.354 e. The molecule has 0 spiro atoms. The summed E-state index contributed by atoms with van der Waals surface area (Å²) in [6, 6.07) is 1.69. The number of hydrogen-bond acceptors (Lipinski definition) is 3. The Balaban J connectivity index is 2.81. The molecule has 0 amide bonds. The zero-order valence-electron chi connectivity index (χ0n) is 7.64. The maximum absolute atomic E-state index is 11.0. The minimum atomic E-state index is -0.970. The van der Waals surface area contributed by atoms with E-state index in [1.54, 1.807) is 12.3 Å². The molecule has 0 radical (unpaired) electrons. The van der Waals surface area contributed by atoms with Gasteiger partial charge >= 0.3 is 5.97 Å². The van der Waals surface area contributed by atoms with E-state index in [0.717, 1.165) is 0 Å². The van der Waals surface area contributed by atoms with Crippen LogP contribution >= 0.6 is 0 Å². The van der Waals surface area contributed by atoms with Gasteiger partial charge < -0.3 is 5.11 Å². The summed E-state index contributed by atoms with van der Waals surface area (Å²) in [6.45, 7) is 1.88. The van der Waals surface area contributed by atoms with E-state index in [1.165, 1.54) is 10.7 Å². The van der Waals surface area contributed by atoms with Crippen LogP contribution in [0.4, 0.5) is 0 Å². The summed E-state index contributed by atoms with van der Waals surface area (Å²) in [5, 5.41) is 9.00. The maximum Gasteiger partial charge on any atom is 0.354 e. The Labute approximate surface area is 80.0 Å². The van der Waals surface area contributed by atoms with E-state index in [2.05, 4.69) is 9.97 Å². The third-order valence-corrected chi connectivity index (χ3v) is 2.04. The summed E-state index contributed by atoms with van der Waals surface area (Å²) in [5.41, 5.74) is 1.41. The molecule has 14 heavy (non-hydrogen) atoms. The zero-order chi connectivity index (χ0) is 10.1. The highest BCUT2D eigenvalue weighted by molar-refractivity contribution is 5.88. The van der Waals surface area contributed by atoms with Gasteiger partial charge in [-0.2, -0.15) is 0 Å². The molecule has 2 aromatic heterocycles. The van der Waals surface area contributed by atoms with Crippen LogP contribution in [0.25, 0.3) is 5.65 Å². The molecule has 2 heterocycles. The van der Waals surface area contributed by atoms with E-state index in [0.29, 0.717) is 17.8 Å². The molecule has 72 valence electrons. The molecule has 0 atom stereocenters. The number of aryl methyl sites for hydroxylation is 1. The topological polar surface area (TPSA) is 67.5 Å². The second-order valence-corrected chi connectivity index (χ2v) is 2.87. The quantitative estimate of drug-likeness (QED) is 0.768. The van der Waals surface area contributed by atoms with Crippen molar-refractivity contribution in [1.82, 2.24) is 14.4 Å². The van der Waals surface area contributed by atoms with Gasteiger partial charge in [-0.25, -0.2) is 14.8 Å². The molecule has 1 N–H and O–H groups in total. The molecule has 2 rings (SSSR count). The van der Waals surface area contributed by atoms with Crippen molar-refractivity contribution in [3.05, 3.63) is 30.0 Å². The normalized spacial score (nSPS) is 10.6.